The van der Waals surface area contributed by atoms with E-state index < -0.39 is 13.1 Å². The molecular formula is C21H30NO4PS. The number of rotatable bonds is 12. The molecule has 1 atom stereocenters. The Morgan fingerprint density at radius 3 is 2.46 bits per heavy atom. The molecule has 2 aromatic rings. The molecule has 1 heterocycles. The Kier molecular flexibility index (Phi) is 8.59. The zero-order valence-electron chi connectivity index (χ0n) is 16.3. The fourth-order valence-corrected chi connectivity index (χ4v) is 4.76. The molecule has 0 fully saturated rings. The molecule has 4 N–H and O–H groups in total. The highest BCUT2D eigenvalue weighted by Crippen LogP contribution is 2.37. The molecule has 0 amide bonds. The number of nitrogens with two attached hydrogens (primary N) is 1. The number of hydrogen-bond acceptors (Lipinski definition) is 4. The van der Waals surface area contributed by atoms with Gasteiger partial charge in [0.1, 0.15) is 0 Å². The van der Waals surface area contributed by atoms with Crippen molar-refractivity contribution in [2.75, 3.05) is 6.16 Å². The van der Waals surface area contributed by atoms with E-state index in [-0.39, 0.29) is 18.4 Å². The summed E-state index contributed by atoms with van der Waals surface area (Å²) >= 11 is 1.50. The summed E-state index contributed by atoms with van der Waals surface area (Å²) in [6.45, 7) is 1.81. The van der Waals surface area contributed by atoms with E-state index in [0.29, 0.717) is 19.3 Å². The maximum Gasteiger partial charge on any atom is 0.325 e. The molecule has 2 rings (SSSR count). The average molecular weight is 424 g/mol. The molecule has 154 valence electrons. The molecule has 1 aromatic carbocycles. The number of hydrogen-bond donors (Lipinski definition) is 3. The van der Waals surface area contributed by atoms with Gasteiger partial charge in [-0.15, -0.1) is 11.3 Å². The molecule has 0 aliphatic heterocycles. The van der Waals surface area contributed by atoms with Crippen molar-refractivity contribution in [1.82, 2.24) is 0 Å². The van der Waals surface area contributed by atoms with Gasteiger partial charge in [0, 0.05) is 16.8 Å². The smallest absolute Gasteiger partial charge is 0.325 e. The molecule has 0 spiro atoms. The summed E-state index contributed by atoms with van der Waals surface area (Å²) in [6, 6.07) is 14.1. The second-order valence-electron chi connectivity index (χ2n) is 7.67. The van der Waals surface area contributed by atoms with E-state index in [4.69, 9.17) is 15.5 Å². The van der Waals surface area contributed by atoms with Gasteiger partial charge in [-0.1, -0.05) is 30.3 Å². The lowest BCUT2D eigenvalue weighted by Gasteiger charge is -2.24. The normalized spacial score (nSPS) is 14.0. The SMILES string of the molecule is CC(N)(CCc1ccc(C(=O)CCCCc2ccccc2)s1)CCP(=O)(O)O. The summed E-state index contributed by atoms with van der Waals surface area (Å²) < 4.78 is 11.0. The maximum absolute atomic E-state index is 12.4. The van der Waals surface area contributed by atoms with Gasteiger partial charge in [-0.05, 0) is 63.1 Å². The number of carbonyl (C=O) groups is 1. The third-order valence-electron chi connectivity index (χ3n) is 4.82. The summed E-state index contributed by atoms with van der Waals surface area (Å²) in [5.74, 6) is 0.182. The molecule has 0 saturated heterocycles. The fourth-order valence-electron chi connectivity index (χ4n) is 2.98. The molecule has 28 heavy (non-hydrogen) atoms. The van der Waals surface area contributed by atoms with E-state index in [9.17, 15) is 9.36 Å². The Bertz CT molecular complexity index is 798. The standard InChI is InChI=1S/C21H30NO4PS/c1-21(22,15-16-27(24,25)26)14-13-18-11-12-20(28-18)19(23)10-6-5-9-17-7-3-2-4-8-17/h2-4,7-8,11-12H,5-6,9-10,13-16,22H2,1H3,(H2,24,25,26). The zero-order valence-corrected chi connectivity index (χ0v) is 18.1. The van der Waals surface area contributed by atoms with E-state index in [1.165, 1.54) is 16.9 Å². The maximum atomic E-state index is 12.4. The van der Waals surface area contributed by atoms with Gasteiger partial charge in [0.05, 0.1) is 11.0 Å². The minimum absolute atomic E-state index is 0.182. The summed E-state index contributed by atoms with van der Waals surface area (Å²) in [7, 11) is -4.02. The summed E-state index contributed by atoms with van der Waals surface area (Å²) in [6.07, 6.45) is 4.84. The van der Waals surface area contributed by atoms with Crippen LogP contribution in [-0.2, 0) is 17.4 Å². The van der Waals surface area contributed by atoms with Gasteiger partial charge in [0.25, 0.3) is 0 Å². The molecule has 0 radical (unpaired) electrons. The van der Waals surface area contributed by atoms with Crippen molar-refractivity contribution in [1.29, 1.82) is 0 Å². The summed E-state index contributed by atoms with van der Waals surface area (Å²) in [4.78, 5) is 32.3. The number of ketones is 1. The van der Waals surface area contributed by atoms with Crippen LogP contribution in [0.5, 0.6) is 0 Å². The van der Waals surface area contributed by atoms with E-state index in [1.807, 2.05) is 37.3 Å². The lowest BCUT2D eigenvalue weighted by atomic mass is 9.94. The predicted octanol–water partition coefficient (Wildman–Crippen LogP) is 4.56. The van der Waals surface area contributed by atoms with Crippen LogP contribution in [0, 0.1) is 0 Å². The van der Waals surface area contributed by atoms with E-state index in [2.05, 4.69) is 12.1 Å². The van der Waals surface area contributed by atoms with Gasteiger partial charge < -0.3 is 15.5 Å². The topological polar surface area (TPSA) is 101 Å². The molecule has 0 aliphatic rings. The molecule has 5 nitrogen and oxygen atoms in total. The molecule has 7 heteroatoms. The number of Topliss-reactive ketones (excluding diaryl/α,β-unsaturated/α-hetero) is 1. The molecule has 0 aliphatic carbocycles. The van der Waals surface area contributed by atoms with Crippen molar-refractivity contribution in [2.45, 2.75) is 57.4 Å². The van der Waals surface area contributed by atoms with Crippen LogP contribution < -0.4 is 5.73 Å². The molecular weight excluding hydrogens is 393 g/mol. The van der Waals surface area contributed by atoms with Crippen LogP contribution in [0.3, 0.4) is 0 Å². The van der Waals surface area contributed by atoms with Crippen molar-refractivity contribution in [3.05, 3.63) is 57.8 Å². The number of unbranched alkanes of at least 4 members (excludes halogenated alkanes) is 1. The first kappa shape index (κ1) is 23.0. The highest BCUT2D eigenvalue weighted by atomic mass is 32.1. The van der Waals surface area contributed by atoms with Gasteiger partial charge in [0.15, 0.2) is 5.78 Å². The van der Waals surface area contributed by atoms with Crippen LogP contribution in [-0.4, -0.2) is 27.3 Å². The van der Waals surface area contributed by atoms with Crippen molar-refractivity contribution in [2.24, 2.45) is 5.73 Å². The van der Waals surface area contributed by atoms with Crippen LogP contribution in [0.4, 0.5) is 0 Å². The van der Waals surface area contributed by atoms with Gasteiger partial charge in [0.2, 0.25) is 0 Å². The highest BCUT2D eigenvalue weighted by Gasteiger charge is 2.24. The lowest BCUT2D eigenvalue weighted by molar-refractivity contribution is 0.0983. The van der Waals surface area contributed by atoms with Crippen LogP contribution in [0.1, 0.15) is 59.1 Å². The average Bonchev–Trinajstić information content (AvgIpc) is 3.12. The Morgan fingerprint density at radius 2 is 1.79 bits per heavy atom. The van der Waals surface area contributed by atoms with Gasteiger partial charge >= 0.3 is 7.60 Å². The monoisotopic (exact) mass is 423 g/mol. The van der Waals surface area contributed by atoms with Gasteiger partial charge in [-0.25, -0.2) is 0 Å². The van der Waals surface area contributed by atoms with Crippen molar-refractivity contribution < 1.29 is 19.1 Å². The Labute approximate surface area is 171 Å². The predicted molar refractivity (Wildman–Crippen MR) is 115 cm³/mol. The first-order valence-corrected chi connectivity index (χ1v) is 12.3. The molecule has 1 unspecified atom stereocenters. The first-order chi connectivity index (χ1) is 13.1. The van der Waals surface area contributed by atoms with Crippen molar-refractivity contribution in [3.8, 4) is 0 Å². The second-order valence-corrected chi connectivity index (χ2v) is 10.6. The van der Waals surface area contributed by atoms with Crippen LogP contribution in [0.15, 0.2) is 42.5 Å². The Hall–Kier alpha value is -1.30. The minimum atomic E-state index is -4.02. The lowest BCUT2D eigenvalue weighted by Crippen LogP contribution is -2.37. The Morgan fingerprint density at radius 1 is 1.07 bits per heavy atom. The Balaban J connectivity index is 1.73. The summed E-state index contributed by atoms with van der Waals surface area (Å²) in [5, 5.41) is 0. The molecule has 0 bridgehead atoms. The van der Waals surface area contributed by atoms with Crippen molar-refractivity contribution in [3.63, 3.8) is 0 Å². The van der Waals surface area contributed by atoms with Crippen molar-refractivity contribution >= 4 is 24.7 Å². The largest absolute Gasteiger partial charge is 0.325 e. The quantitative estimate of drug-likeness (QED) is 0.264. The van der Waals surface area contributed by atoms with Gasteiger partial charge in [-0.2, -0.15) is 0 Å². The third kappa shape index (κ3) is 8.80. The van der Waals surface area contributed by atoms with E-state index in [0.717, 1.165) is 29.0 Å². The van der Waals surface area contributed by atoms with Gasteiger partial charge in [-0.3, -0.25) is 9.36 Å². The fraction of sp³-hybridized carbons (Fsp3) is 0.476. The third-order valence-corrected chi connectivity index (χ3v) is 6.81. The minimum Gasteiger partial charge on any atom is -0.325 e. The number of benzene rings is 1. The first-order valence-electron chi connectivity index (χ1n) is 9.64. The second kappa shape index (κ2) is 10.5. The van der Waals surface area contributed by atoms with E-state index in [1.54, 1.807) is 0 Å². The number of thiophene rings is 1. The summed E-state index contributed by atoms with van der Waals surface area (Å²) in [5.41, 5.74) is 6.83. The number of carbonyl (C=O) groups excluding carboxylic acids is 1. The molecule has 1 aromatic heterocycles. The van der Waals surface area contributed by atoms with Crippen LogP contribution in [0.25, 0.3) is 0 Å². The highest BCUT2D eigenvalue weighted by molar-refractivity contribution is 7.51. The van der Waals surface area contributed by atoms with E-state index >= 15 is 0 Å². The van der Waals surface area contributed by atoms with Crippen LogP contribution in [0.2, 0.25) is 0 Å². The molecule has 0 saturated carbocycles. The van der Waals surface area contributed by atoms with Crippen LogP contribution >= 0.6 is 18.9 Å². The zero-order chi connectivity index (χ0) is 20.6. The number of aryl methyl sites for hydroxylation is 2.